The number of amides is 1. The molecule has 0 aromatic carbocycles. The number of ether oxygens (including phenoxy) is 1. The molecule has 1 amide bonds. The summed E-state index contributed by atoms with van der Waals surface area (Å²) >= 11 is 1.48. The molecule has 1 rings (SSSR count). The molecule has 9 heteroatoms. The van der Waals surface area contributed by atoms with Crippen molar-refractivity contribution in [1.29, 1.82) is 0 Å². The highest BCUT2D eigenvalue weighted by Gasteiger charge is 2.25. The maximum atomic E-state index is 12.0. The summed E-state index contributed by atoms with van der Waals surface area (Å²) in [6.45, 7) is 3.21. The first kappa shape index (κ1) is 18.7. The Hall–Kier alpha value is -0.350. The van der Waals surface area contributed by atoms with E-state index in [4.69, 9.17) is 4.74 Å². The van der Waals surface area contributed by atoms with E-state index >= 15 is 0 Å². The number of nitrogens with zero attached hydrogens (tertiary/aromatic N) is 1. The number of nitrogens with one attached hydrogen (secondary N) is 1. The molecule has 0 aromatic heterocycles. The van der Waals surface area contributed by atoms with Gasteiger partial charge in [0.2, 0.25) is 15.9 Å². The van der Waals surface area contributed by atoms with Crippen LogP contribution in [0.3, 0.4) is 0 Å². The van der Waals surface area contributed by atoms with Gasteiger partial charge in [-0.2, -0.15) is 16.1 Å². The zero-order valence-electron chi connectivity index (χ0n) is 12.5. The van der Waals surface area contributed by atoms with Gasteiger partial charge >= 0.3 is 0 Å². The predicted molar refractivity (Wildman–Crippen MR) is 82.8 cm³/mol. The molecule has 0 aromatic rings. The van der Waals surface area contributed by atoms with Crippen molar-refractivity contribution in [2.24, 2.45) is 0 Å². The van der Waals surface area contributed by atoms with Gasteiger partial charge in [-0.15, -0.1) is 0 Å². The molecule has 1 aliphatic rings. The fourth-order valence-electron chi connectivity index (χ4n) is 1.91. The first-order valence-electron chi connectivity index (χ1n) is 6.80. The third-order valence-corrected chi connectivity index (χ3v) is 5.85. The van der Waals surface area contributed by atoms with Crippen molar-refractivity contribution in [2.45, 2.75) is 18.9 Å². The van der Waals surface area contributed by atoms with Crippen molar-refractivity contribution in [3.05, 3.63) is 0 Å². The molecule has 21 heavy (non-hydrogen) atoms. The van der Waals surface area contributed by atoms with E-state index in [1.807, 2.05) is 6.26 Å². The van der Waals surface area contributed by atoms with Crippen LogP contribution in [0, 0.1) is 0 Å². The first-order valence-corrected chi connectivity index (χ1v) is 9.81. The van der Waals surface area contributed by atoms with E-state index in [9.17, 15) is 18.3 Å². The van der Waals surface area contributed by atoms with Crippen molar-refractivity contribution in [2.75, 3.05) is 50.6 Å². The second-order valence-corrected chi connectivity index (χ2v) is 8.24. The third kappa shape index (κ3) is 6.96. The smallest absolute Gasteiger partial charge is 0.221 e. The van der Waals surface area contributed by atoms with Crippen LogP contribution in [0.2, 0.25) is 0 Å². The number of hydrogen-bond acceptors (Lipinski definition) is 6. The van der Waals surface area contributed by atoms with Gasteiger partial charge in [-0.3, -0.25) is 4.79 Å². The minimum Gasteiger partial charge on any atom is -0.387 e. The number of carbonyl (C=O) groups excluding carboxylic acids is 1. The zero-order valence-corrected chi connectivity index (χ0v) is 14.1. The lowest BCUT2D eigenvalue weighted by atomic mass is 10.1. The lowest BCUT2D eigenvalue weighted by molar-refractivity contribution is -0.121. The number of rotatable bonds is 8. The Morgan fingerprint density at radius 2 is 2.05 bits per heavy atom. The summed E-state index contributed by atoms with van der Waals surface area (Å²) < 4.78 is 30.5. The minimum atomic E-state index is -3.42. The molecule has 1 atom stereocenters. The normalized spacial score (nSPS) is 20.0. The second kappa shape index (κ2) is 8.33. The first-order chi connectivity index (χ1) is 9.77. The summed E-state index contributed by atoms with van der Waals surface area (Å²) in [5.74, 6) is -0.0868. The van der Waals surface area contributed by atoms with E-state index in [2.05, 4.69) is 5.32 Å². The maximum absolute atomic E-state index is 12.0. The standard InChI is InChI=1S/C12H24N2O5S2/c1-12(16,10-20-2)9-13-11(15)3-8-21(17,18)14-4-6-19-7-5-14/h16H,3-10H2,1-2H3,(H,13,15). The van der Waals surface area contributed by atoms with E-state index in [0.29, 0.717) is 32.1 Å². The molecule has 0 saturated carbocycles. The Labute approximate surface area is 130 Å². The molecule has 2 N–H and O–H groups in total. The topological polar surface area (TPSA) is 95.9 Å². The Morgan fingerprint density at radius 1 is 1.43 bits per heavy atom. The maximum Gasteiger partial charge on any atom is 0.221 e. The molecular formula is C12H24N2O5S2. The quantitative estimate of drug-likeness (QED) is 0.605. The SMILES string of the molecule is CSCC(C)(O)CNC(=O)CCS(=O)(=O)N1CCOCC1. The van der Waals surface area contributed by atoms with Gasteiger partial charge in [0, 0.05) is 31.8 Å². The summed E-state index contributed by atoms with van der Waals surface area (Å²) in [7, 11) is -3.42. The number of thioether (sulfide) groups is 1. The Balaban J connectivity index is 2.35. The van der Waals surface area contributed by atoms with E-state index in [1.54, 1.807) is 6.92 Å². The van der Waals surface area contributed by atoms with Crippen LogP contribution in [0.1, 0.15) is 13.3 Å². The fourth-order valence-corrected chi connectivity index (χ4v) is 4.05. The molecule has 1 saturated heterocycles. The van der Waals surface area contributed by atoms with E-state index in [1.165, 1.54) is 16.1 Å². The van der Waals surface area contributed by atoms with Crippen LogP contribution >= 0.6 is 11.8 Å². The molecule has 0 spiro atoms. The third-order valence-electron chi connectivity index (χ3n) is 3.07. The van der Waals surface area contributed by atoms with Crippen LogP contribution in [0.5, 0.6) is 0 Å². The van der Waals surface area contributed by atoms with Gasteiger partial charge in [0.1, 0.15) is 0 Å². The van der Waals surface area contributed by atoms with E-state index in [-0.39, 0.29) is 24.6 Å². The average Bonchev–Trinajstić information content (AvgIpc) is 2.44. The van der Waals surface area contributed by atoms with Crippen LogP contribution < -0.4 is 5.32 Å². The lowest BCUT2D eigenvalue weighted by Gasteiger charge is -2.26. The number of sulfonamides is 1. The Morgan fingerprint density at radius 3 is 2.62 bits per heavy atom. The van der Waals surface area contributed by atoms with E-state index < -0.39 is 15.6 Å². The van der Waals surface area contributed by atoms with Gasteiger partial charge < -0.3 is 15.2 Å². The van der Waals surface area contributed by atoms with Crippen molar-refractivity contribution in [1.82, 2.24) is 9.62 Å². The van der Waals surface area contributed by atoms with Crippen LogP contribution in [-0.2, 0) is 19.6 Å². The van der Waals surface area contributed by atoms with Crippen LogP contribution in [-0.4, -0.2) is 79.9 Å². The van der Waals surface area contributed by atoms with Gasteiger partial charge in [-0.25, -0.2) is 8.42 Å². The number of carbonyl (C=O) groups is 1. The van der Waals surface area contributed by atoms with Crippen molar-refractivity contribution < 1.29 is 23.1 Å². The predicted octanol–water partition coefficient (Wildman–Crippen LogP) is -0.731. The van der Waals surface area contributed by atoms with Crippen molar-refractivity contribution in [3.63, 3.8) is 0 Å². The van der Waals surface area contributed by atoms with E-state index in [0.717, 1.165) is 0 Å². The van der Waals surface area contributed by atoms with Gasteiger partial charge in [0.25, 0.3) is 0 Å². The van der Waals surface area contributed by atoms with Gasteiger partial charge in [0.05, 0.1) is 24.6 Å². The average molecular weight is 340 g/mol. The van der Waals surface area contributed by atoms with Crippen LogP contribution in [0.25, 0.3) is 0 Å². The fraction of sp³-hybridized carbons (Fsp3) is 0.917. The highest BCUT2D eigenvalue weighted by molar-refractivity contribution is 7.98. The summed E-state index contributed by atoms with van der Waals surface area (Å²) in [5.41, 5.74) is -0.988. The minimum absolute atomic E-state index is 0.102. The molecule has 7 nitrogen and oxygen atoms in total. The van der Waals surface area contributed by atoms with Gasteiger partial charge in [0.15, 0.2) is 0 Å². The molecule has 1 heterocycles. The highest BCUT2D eigenvalue weighted by atomic mass is 32.2. The lowest BCUT2D eigenvalue weighted by Crippen LogP contribution is -2.44. The molecule has 0 bridgehead atoms. The summed E-state index contributed by atoms with van der Waals surface area (Å²) in [4.78, 5) is 11.7. The largest absolute Gasteiger partial charge is 0.387 e. The monoisotopic (exact) mass is 340 g/mol. The number of hydrogen-bond donors (Lipinski definition) is 2. The van der Waals surface area contributed by atoms with Crippen molar-refractivity contribution >= 4 is 27.7 Å². The molecular weight excluding hydrogens is 316 g/mol. The highest BCUT2D eigenvalue weighted by Crippen LogP contribution is 2.10. The zero-order chi connectivity index (χ0) is 15.9. The second-order valence-electron chi connectivity index (χ2n) is 5.28. The van der Waals surface area contributed by atoms with Gasteiger partial charge in [-0.1, -0.05) is 0 Å². The summed E-state index contributed by atoms with van der Waals surface area (Å²) in [6.07, 6.45) is 1.76. The molecule has 1 unspecified atom stereocenters. The van der Waals surface area contributed by atoms with Crippen LogP contribution in [0.15, 0.2) is 0 Å². The number of morpholine rings is 1. The summed E-state index contributed by atoms with van der Waals surface area (Å²) in [5, 5.41) is 12.5. The Bertz CT molecular complexity index is 433. The molecule has 1 fully saturated rings. The molecule has 0 aliphatic carbocycles. The van der Waals surface area contributed by atoms with Crippen LogP contribution in [0.4, 0.5) is 0 Å². The molecule has 1 aliphatic heterocycles. The summed E-state index contributed by atoms with van der Waals surface area (Å²) in [6, 6.07) is 0. The van der Waals surface area contributed by atoms with Gasteiger partial charge in [-0.05, 0) is 13.2 Å². The molecule has 0 radical (unpaired) electrons. The number of aliphatic hydroxyl groups is 1. The Kier molecular flexibility index (Phi) is 7.41. The van der Waals surface area contributed by atoms with Crippen molar-refractivity contribution in [3.8, 4) is 0 Å². The molecule has 124 valence electrons.